The number of nitrogens with zero attached hydrogens (tertiary/aromatic N) is 6. The lowest BCUT2D eigenvalue weighted by Gasteiger charge is -2.36. The average Bonchev–Trinajstić information content (AvgIpc) is 3.15. The minimum Gasteiger partial charge on any atom is -0.444 e. The second-order valence-corrected chi connectivity index (χ2v) is 8.89. The van der Waals surface area contributed by atoms with Crippen molar-refractivity contribution in [3.63, 3.8) is 0 Å². The van der Waals surface area contributed by atoms with Gasteiger partial charge < -0.3 is 24.6 Å². The predicted octanol–water partition coefficient (Wildman–Crippen LogP) is 2.63. The summed E-state index contributed by atoms with van der Waals surface area (Å²) in [6.45, 7) is 6.76. The summed E-state index contributed by atoms with van der Waals surface area (Å²) in [4.78, 5) is 43.5. The molecule has 2 saturated heterocycles. The molecule has 0 bridgehead atoms. The molecule has 3 amide bonds. The molecule has 2 fully saturated rings. The van der Waals surface area contributed by atoms with E-state index in [0.29, 0.717) is 37.6 Å². The monoisotopic (exact) mass is 477 g/mol. The number of rotatable bonds is 6. The zero-order chi connectivity index (χ0) is 24.9. The highest BCUT2D eigenvalue weighted by Gasteiger charge is 2.32. The largest absolute Gasteiger partial charge is 0.444 e. The van der Waals surface area contributed by atoms with Crippen molar-refractivity contribution in [1.82, 2.24) is 10.2 Å². The summed E-state index contributed by atoms with van der Waals surface area (Å²) in [5.41, 5.74) is 8.46. The quantitative estimate of drug-likeness (QED) is 0.379. The fourth-order valence-electron chi connectivity index (χ4n) is 3.65. The number of azide groups is 1. The van der Waals surface area contributed by atoms with Gasteiger partial charge in [0.2, 0.25) is 5.91 Å². The molecule has 1 atom stereocenters. The molecular weight excluding hydrogens is 449 g/mol. The summed E-state index contributed by atoms with van der Waals surface area (Å²) < 4.78 is 25.1. The van der Waals surface area contributed by atoms with Gasteiger partial charge in [0.05, 0.1) is 24.5 Å². The first-order valence-electron chi connectivity index (χ1n) is 10.9. The van der Waals surface area contributed by atoms with Crippen molar-refractivity contribution in [3.05, 3.63) is 34.5 Å². The van der Waals surface area contributed by atoms with Crippen LogP contribution in [-0.4, -0.2) is 80.5 Å². The number of carbonyl (C=O) groups excluding carboxylic acids is 3. The average molecular weight is 477 g/mol. The van der Waals surface area contributed by atoms with Crippen LogP contribution in [0.25, 0.3) is 10.4 Å². The van der Waals surface area contributed by atoms with E-state index in [1.54, 1.807) is 37.8 Å². The molecule has 2 heterocycles. The van der Waals surface area contributed by atoms with E-state index in [4.69, 9.17) is 15.0 Å². The first kappa shape index (κ1) is 24.9. The number of hydrogen-bond donors (Lipinski definition) is 1. The molecule has 0 radical (unpaired) electrons. The third kappa shape index (κ3) is 6.41. The number of hydrogen-bond acceptors (Lipinski definition) is 7. The minimum absolute atomic E-state index is 0.00952. The number of cyclic esters (lactones) is 1. The van der Waals surface area contributed by atoms with Gasteiger partial charge in [-0.2, -0.15) is 0 Å². The highest BCUT2D eigenvalue weighted by molar-refractivity contribution is 5.90. The van der Waals surface area contributed by atoms with E-state index in [2.05, 4.69) is 15.3 Å². The van der Waals surface area contributed by atoms with Crippen LogP contribution in [0.4, 0.5) is 25.4 Å². The van der Waals surface area contributed by atoms with Crippen molar-refractivity contribution in [2.75, 3.05) is 55.6 Å². The van der Waals surface area contributed by atoms with Gasteiger partial charge in [0.15, 0.2) is 0 Å². The predicted molar refractivity (Wildman–Crippen MR) is 121 cm³/mol. The smallest absolute Gasteiger partial charge is 0.414 e. The van der Waals surface area contributed by atoms with E-state index in [1.165, 1.54) is 11.0 Å². The third-order valence-corrected chi connectivity index (χ3v) is 5.22. The molecule has 34 heavy (non-hydrogen) atoms. The number of halogens is 1. The highest BCUT2D eigenvalue weighted by Crippen LogP contribution is 2.28. The van der Waals surface area contributed by atoms with Gasteiger partial charge in [0.1, 0.15) is 24.1 Å². The Morgan fingerprint density at radius 2 is 2.00 bits per heavy atom. The van der Waals surface area contributed by atoms with Crippen LogP contribution in [0.5, 0.6) is 0 Å². The first-order chi connectivity index (χ1) is 16.1. The standard InChI is InChI=1S/C21H28FN7O5/c1-21(2,3)34-19(31)24-12-18(30)28-8-6-27(7-9-28)17-5-4-14(10-16(17)22)29-13-15(11-25-26-23)33-20(29)32/h4-5,10,15H,6-9,11-13H2,1-3H3,(H,24,31). The van der Waals surface area contributed by atoms with Gasteiger partial charge in [0, 0.05) is 31.1 Å². The number of nitrogens with one attached hydrogen (secondary N) is 1. The molecule has 3 rings (SSSR count). The van der Waals surface area contributed by atoms with Crippen LogP contribution in [0.15, 0.2) is 23.3 Å². The SMILES string of the molecule is CC(C)(C)OC(=O)NCC(=O)N1CCN(c2ccc(N3CC(CN=[N+]=[N-])OC3=O)cc2F)CC1. The molecule has 1 unspecified atom stereocenters. The van der Waals surface area contributed by atoms with Gasteiger partial charge >= 0.3 is 12.2 Å². The number of amides is 3. The fraction of sp³-hybridized carbons (Fsp3) is 0.571. The van der Waals surface area contributed by atoms with E-state index in [1.807, 2.05) is 4.90 Å². The number of anilines is 2. The van der Waals surface area contributed by atoms with Crippen molar-refractivity contribution in [3.8, 4) is 0 Å². The van der Waals surface area contributed by atoms with Gasteiger partial charge in [0.25, 0.3) is 0 Å². The van der Waals surface area contributed by atoms with Gasteiger partial charge in [-0.05, 0) is 44.5 Å². The molecule has 1 aromatic carbocycles. The van der Waals surface area contributed by atoms with Crippen LogP contribution in [0.1, 0.15) is 20.8 Å². The minimum atomic E-state index is -0.660. The third-order valence-electron chi connectivity index (χ3n) is 5.22. The van der Waals surface area contributed by atoms with E-state index in [9.17, 15) is 18.8 Å². The number of piperazine rings is 1. The lowest BCUT2D eigenvalue weighted by Crippen LogP contribution is -2.51. The number of alkyl carbamates (subject to hydrolysis) is 1. The Hall–Kier alpha value is -3.73. The lowest BCUT2D eigenvalue weighted by atomic mass is 10.2. The Balaban J connectivity index is 1.52. The summed E-state index contributed by atoms with van der Waals surface area (Å²) in [6.07, 6.45) is -1.87. The Bertz CT molecular complexity index is 984. The molecule has 0 spiro atoms. The highest BCUT2D eigenvalue weighted by atomic mass is 19.1. The maximum Gasteiger partial charge on any atom is 0.414 e. The van der Waals surface area contributed by atoms with Crippen LogP contribution in [0, 0.1) is 5.82 Å². The van der Waals surface area contributed by atoms with Crippen molar-refractivity contribution >= 4 is 29.5 Å². The maximum atomic E-state index is 14.9. The van der Waals surface area contributed by atoms with Gasteiger partial charge in [-0.25, -0.2) is 14.0 Å². The van der Waals surface area contributed by atoms with Crippen molar-refractivity contribution in [1.29, 1.82) is 0 Å². The molecule has 2 aliphatic rings. The fourth-order valence-corrected chi connectivity index (χ4v) is 3.65. The summed E-state index contributed by atoms with van der Waals surface area (Å²) in [5.74, 6) is -0.751. The Kier molecular flexibility index (Phi) is 7.67. The maximum absolute atomic E-state index is 14.9. The summed E-state index contributed by atoms with van der Waals surface area (Å²) in [7, 11) is 0. The molecule has 12 nitrogen and oxygen atoms in total. The van der Waals surface area contributed by atoms with Gasteiger partial charge in [-0.15, -0.1) is 0 Å². The molecule has 1 aromatic rings. The van der Waals surface area contributed by atoms with Crippen molar-refractivity contribution < 1.29 is 28.2 Å². The van der Waals surface area contributed by atoms with Crippen LogP contribution in [0.3, 0.4) is 0 Å². The normalized spacial score (nSPS) is 18.3. The van der Waals surface area contributed by atoms with Crippen molar-refractivity contribution in [2.45, 2.75) is 32.5 Å². The first-order valence-corrected chi connectivity index (χ1v) is 10.9. The molecule has 2 aliphatic heterocycles. The molecule has 0 aliphatic carbocycles. The van der Waals surface area contributed by atoms with Crippen LogP contribution >= 0.6 is 0 Å². The molecule has 1 N–H and O–H groups in total. The second kappa shape index (κ2) is 10.5. The molecule has 0 saturated carbocycles. The summed E-state index contributed by atoms with van der Waals surface area (Å²) in [6, 6.07) is 4.47. The topological polar surface area (TPSA) is 140 Å². The summed E-state index contributed by atoms with van der Waals surface area (Å²) >= 11 is 0. The zero-order valence-corrected chi connectivity index (χ0v) is 19.4. The van der Waals surface area contributed by atoms with Gasteiger partial charge in [-0.1, -0.05) is 5.11 Å². The van der Waals surface area contributed by atoms with Gasteiger partial charge in [-0.3, -0.25) is 9.69 Å². The molecule has 13 heteroatoms. The summed E-state index contributed by atoms with van der Waals surface area (Å²) in [5, 5.41) is 5.85. The van der Waals surface area contributed by atoms with Crippen molar-refractivity contribution in [2.24, 2.45) is 5.11 Å². The molecule has 0 aromatic heterocycles. The number of benzene rings is 1. The molecular formula is C21H28FN7O5. The number of carbonyl (C=O) groups is 3. The Morgan fingerprint density at radius 3 is 2.62 bits per heavy atom. The van der Waals surface area contributed by atoms with Crippen LogP contribution < -0.4 is 15.1 Å². The Morgan fingerprint density at radius 1 is 1.29 bits per heavy atom. The van der Waals surface area contributed by atoms with E-state index >= 15 is 0 Å². The lowest BCUT2D eigenvalue weighted by molar-refractivity contribution is -0.130. The van der Waals surface area contributed by atoms with E-state index in [0.717, 1.165) is 0 Å². The zero-order valence-electron chi connectivity index (χ0n) is 19.4. The number of ether oxygens (including phenoxy) is 2. The van der Waals surface area contributed by atoms with E-state index in [-0.39, 0.29) is 25.5 Å². The Labute approximate surface area is 196 Å². The van der Waals surface area contributed by atoms with Crippen LogP contribution in [0.2, 0.25) is 0 Å². The van der Waals surface area contributed by atoms with E-state index < -0.39 is 29.7 Å². The molecule has 184 valence electrons. The van der Waals surface area contributed by atoms with Crippen LogP contribution in [-0.2, 0) is 14.3 Å². The second-order valence-electron chi connectivity index (χ2n) is 8.89.